The molecule has 5 nitrogen and oxygen atoms in total. The van der Waals surface area contributed by atoms with E-state index in [1.807, 2.05) is 55.6 Å². The number of carbonyl (C=O) groups is 1. The van der Waals surface area contributed by atoms with E-state index in [-0.39, 0.29) is 11.8 Å². The summed E-state index contributed by atoms with van der Waals surface area (Å²) in [4.78, 5) is 20.8. The second kappa shape index (κ2) is 8.58. The Morgan fingerprint density at radius 1 is 1.04 bits per heavy atom. The number of nitrogens with zero attached hydrogens (tertiary/aromatic N) is 2. The van der Waals surface area contributed by atoms with Gasteiger partial charge in [-0.05, 0) is 49.2 Å². The number of hydrogen-bond donors (Lipinski definition) is 2. The van der Waals surface area contributed by atoms with Crippen LogP contribution in [0.5, 0.6) is 0 Å². The van der Waals surface area contributed by atoms with E-state index in [0.717, 1.165) is 40.6 Å². The van der Waals surface area contributed by atoms with Gasteiger partial charge in [0, 0.05) is 40.6 Å². The Labute approximate surface area is 157 Å². The summed E-state index contributed by atoms with van der Waals surface area (Å²) < 4.78 is 0. The Morgan fingerprint density at radius 3 is 2.35 bits per heavy atom. The summed E-state index contributed by atoms with van der Waals surface area (Å²) >= 11 is 1.55. The molecule has 1 aromatic carbocycles. The SMILES string of the molecule is CCC(CC)C(=O)Nc1ccc(Nc2nc(-c3ccncc3)cs2)cc1. The zero-order chi connectivity index (χ0) is 18.4. The van der Waals surface area contributed by atoms with Crippen LogP contribution in [0.4, 0.5) is 16.5 Å². The third-order valence-corrected chi connectivity index (χ3v) is 5.00. The van der Waals surface area contributed by atoms with E-state index in [1.54, 1.807) is 23.7 Å². The van der Waals surface area contributed by atoms with E-state index in [0.29, 0.717) is 0 Å². The highest BCUT2D eigenvalue weighted by atomic mass is 32.1. The molecular weight excluding hydrogens is 344 g/mol. The highest BCUT2D eigenvalue weighted by Crippen LogP contribution is 2.27. The van der Waals surface area contributed by atoms with Crippen molar-refractivity contribution < 1.29 is 4.79 Å². The topological polar surface area (TPSA) is 66.9 Å². The minimum atomic E-state index is 0.0646. The molecule has 0 radical (unpaired) electrons. The molecule has 6 heteroatoms. The molecule has 0 fully saturated rings. The number of thiazole rings is 1. The Kier molecular flexibility index (Phi) is 5.96. The summed E-state index contributed by atoms with van der Waals surface area (Å²) in [6.45, 7) is 4.07. The fraction of sp³-hybridized carbons (Fsp3) is 0.250. The smallest absolute Gasteiger partial charge is 0.227 e. The van der Waals surface area contributed by atoms with Crippen LogP contribution >= 0.6 is 11.3 Å². The zero-order valence-electron chi connectivity index (χ0n) is 14.9. The van der Waals surface area contributed by atoms with Crippen LogP contribution in [-0.2, 0) is 4.79 Å². The van der Waals surface area contributed by atoms with E-state index in [1.165, 1.54) is 0 Å². The number of benzene rings is 1. The van der Waals surface area contributed by atoms with Gasteiger partial charge in [-0.25, -0.2) is 4.98 Å². The molecule has 0 aliphatic heterocycles. The summed E-state index contributed by atoms with van der Waals surface area (Å²) in [7, 11) is 0. The third kappa shape index (κ3) is 4.46. The average molecular weight is 366 g/mol. The van der Waals surface area contributed by atoms with E-state index in [2.05, 4.69) is 20.6 Å². The number of rotatable bonds is 7. The van der Waals surface area contributed by atoms with Crippen LogP contribution in [-0.4, -0.2) is 15.9 Å². The number of aromatic nitrogens is 2. The first-order valence-electron chi connectivity index (χ1n) is 8.73. The lowest BCUT2D eigenvalue weighted by Gasteiger charge is -2.13. The number of pyridine rings is 1. The van der Waals surface area contributed by atoms with Gasteiger partial charge in [0.15, 0.2) is 5.13 Å². The lowest BCUT2D eigenvalue weighted by molar-refractivity contribution is -0.120. The molecule has 134 valence electrons. The molecule has 2 heterocycles. The first-order chi connectivity index (χ1) is 12.7. The van der Waals surface area contributed by atoms with Crippen molar-refractivity contribution in [2.75, 3.05) is 10.6 Å². The Hall–Kier alpha value is -2.73. The van der Waals surface area contributed by atoms with Gasteiger partial charge >= 0.3 is 0 Å². The fourth-order valence-electron chi connectivity index (χ4n) is 2.65. The van der Waals surface area contributed by atoms with Gasteiger partial charge in [-0.3, -0.25) is 9.78 Å². The van der Waals surface area contributed by atoms with Crippen LogP contribution in [0.2, 0.25) is 0 Å². The van der Waals surface area contributed by atoms with Crippen molar-refractivity contribution in [3.63, 3.8) is 0 Å². The molecule has 0 atom stereocenters. The van der Waals surface area contributed by atoms with Crippen molar-refractivity contribution in [2.45, 2.75) is 26.7 Å². The zero-order valence-corrected chi connectivity index (χ0v) is 15.7. The predicted octanol–water partition coefficient (Wildman–Crippen LogP) is 5.32. The van der Waals surface area contributed by atoms with Crippen molar-refractivity contribution in [1.29, 1.82) is 0 Å². The highest BCUT2D eigenvalue weighted by molar-refractivity contribution is 7.14. The van der Waals surface area contributed by atoms with Gasteiger partial charge in [-0.15, -0.1) is 11.3 Å². The van der Waals surface area contributed by atoms with Crippen LogP contribution < -0.4 is 10.6 Å². The van der Waals surface area contributed by atoms with Crippen molar-refractivity contribution in [3.8, 4) is 11.3 Å². The molecular formula is C20H22N4OS. The first-order valence-corrected chi connectivity index (χ1v) is 9.61. The van der Waals surface area contributed by atoms with Crippen LogP contribution in [0, 0.1) is 5.92 Å². The third-order valence-electron chi connectivity index (χ3n) is 4.24. The van der Waals surface area contributed by atoms with E-state index < -0.39 is 0 Å². The molecule has 0 unspecified atom stereocenters. The average Bonchev–Trinajstić information content (AvgIpc) is 3.14. The lowest BCUT2D eigenvalue weighted by atomic mass is 10.0. The normalized spacial score (nSPS) is 10.7. The van der Waals surface area contributed by atoms with Gasteiger partial charge < -0.3 is 10.6 Å². The van der Waals surface area contributed by atoms with Crippen LogP contribution in [0.3, 0.4) is 0 Å². The predicted molar refractivity (Wildman–Crippen MR) is 108 cm³/mol. The van der Waals surface area contributed by atoms with Gasteiger partial charge in [0.05, 0.1) is 5.69 Å². The minimum Gasteiger partial charge on any atom is -0.332 e. The molecule has 3 aromatic rings. The second-order valence-corrected chi connectivity index (χ2v) is 6.84. The molecule has 0 aliphatic carbocycles. The first kappa shape index (κ1) is 18.1. The molecule has 0 saturated carbocycles. The van der Waals surface area contributed by atoms with Crippen molar-refractivity contribution in [3.05, 3.63) is 54.2 Å². The maximum Gasteiger partial charge on any atom is 0.227 e. The van der Waals surface area contributed by atoms with Crippen molar-refractivity contribution in [2.24, 2.45) is 5.92 Å². The van der Waals surface area contributed by atoms with Crippen LogP contribution in [0.25, 0.3) is 11.3 Å². The molecule has 0 aliphatic rings. The molecule has 2 N–H and O–H groups in total. The largest absolute Gasteiger partial charge is 0.332 e. The maximum atomic E-state index is 12.1. The van der Waals surface area contributed by atoms with Crippen molar-refractivity contribution >= 4 is 33.8 Å². The molecule has 0 spiro atoms. The lowest BCUT2D eigenvalue weighted by Crippen LogP contribution is -2.21. The molecule has 3 rings (SSSR count). The molecule has 2 aromatic heterocycles. The van der Waals surface area contributed by atoms with Gasteiger partial charge in [-0.2, -0.15) is 0 Å². The number of hydrogen-bond acceptors (Lipinski definition) is 5. The number of nitrogens with one attached hydrogen (secondary N) is 2. The van der Waals surface area contributed by atoms with Gasteiger partial charge in [0.1, 0.15) is 0 Å². The Morgan fingerprint density at radius 2 is 1.69 bits per heavy atom. The molecule has 0 bridgehead atoms. The molecule has 26 heavy (non-hydrogen) atoms. The van der Waals surface area contributed by atoms with E-state index >= 15 is 0 Å². The fourth-order valence-corrected chi connectivity index (χ4v) is 3.39. The van der Waals surface area contributed by atoms with Crippen LogP contribution in [0.15, 0.2) is 54.2 Å². The maximum absolute atomic E-state index is 12.1. The molecule has 1 amide bonds. The van der Waals surface area contributed by atoms with E-state index in [9.17, 15) is 4.79 Å². The quantitative estimate of drug-likeness (QED) is 0.593. The summed E-state index contributed by atoms with van der Waals surface area (Å²) in [5.74, 6) is 0.146. The standard InChI is InChI=1S/C20H22N4OS/c1-3-14(4-2)19(25)22-16-5-7-17(8-6-16)23-20-24-18(13-26-20)15-9-11-21-12-10-15/h5-14H,3-4H2,1-2H3,(H,22,25)(H,23,24). The Balaban J connectivity index is 1.63. The minimum absolute atomic E-state index is 0.0646. The summed E-state index contributed by atoms with van der Waals surface area (Å²) in [5.41, 5.74) is 3.71. The van der Waals surface area contributed by atoms with Crippen LogP contribution in [0.1, 0.15) is 26.7 Å². The summed E-state index contributed by atoms with van der Waals surface area (Å²) in [6, 6.07) is 11.6. The highest BCUT2D eigenvalue weighted by Gasteiger charge is 2.14. The van der Waals surface area contributed by atoms with E-state index in [4.69, 9.17) is 0 Å². The number of anilines is 3. The Bertz CT molecular complexity index is 842. The molecule has 0 saturated heterocycles. The summed E-state index contributed by atoms with van der Waals surface area (Å²) in [5, 5.41) is 9.11. The van der Waals surface area contributed by atoms with Gasteiger partial charge in [0.25, 0.3) is 0 Å². The number of carbonyl (C=O) groups excluding carboxylic acids is 1. The number of amides is 1. The monoisotopic (exact) mass is 366 g/mol. The second-order valence-electron chi connectivity index (χ2n) is 5.98. The van der Waals surface area contributed by atoms with Gasteiger partial charge in [-0.1, -0.05) is 13.8 Å². The van der Waals surface area contributed by atoms with Crippen molar-refractivity contribution in [1.82, 2.24) is 9.97 Å². The summed E-state index contributed by atoms with van der Waals surface area (Å²) in [6.07, 6.45) is 5.23. The van der Waals surface area contributed by atoms with Gasteiger partial charge in [0.2, 0.25) is 5.91 Å².